The minimum Gasteiger partial charge on any atom is -0.461 e. The topological polar surface area (TPSA) is 103 Å². The van der Waals surface area contributed by atoms with Gasteiger partial charge >= 0.3 is 21.5 Å². The number of fused-ring (bicyclic) bond motifs is 1. The lowest BCUT2D eigenvalue weighted by molar-refractivity contribution is -0.0429. The van der Waals surface area contributed by atoms with Crippen LogP contribution in [0.2, 0.25) is 5.15 Å². The molecule has 1 N–H and O–H groups in total. The van der Waals surface area contributed by atoms with Crippen LogP contribution in [0.5, 0.6) is 0 Å². The van der Waals surface area contributed by atoms with Crippen molar-refractivity contribution in [1.82, 2.24) is 9.55 Å². The molecule has 14 heteroatoms. The highest BCUT2D eigenvalue weighted by molar-refractivity contribution is 9.10. The van der Waals surface area contributed by atoms with Crippen LogP contribution in [0.3, 0.4) is 0 Å². The van der Waals surface area contributed by atoms with Gasteiger partial charge in [-0.05, 0) is 59.1 Å². The van der Waals surface area contributed by atoms with Gasteiger partial charge in [0.2, 0.25) is 0 Å². The summed E-state index contributed by atoms with van der Waals surface area (Å²) in [6.07, 6.45) is 2.35. The number of furan rings is 1. The Morgan fingerprint density at radius 3 is 2.60 bits per heavy atom. The number of rotatable bonds is 10. The summed E-state index contributed by atoms with van der Waals surface area (Å²) in [6, 6.07) is 10.8. The molecule has 0 unspecified atom stereocenters. The number of sulfonamides is 1. The maximum absolute atomic E-state index is 13.0. The lowest BCUT2D eigenvalue weighted by Gasteiger charge is -2.13. The Labute approximate surface area is 241 Å². The van der Waals surface area contributed by atoms with E-state index >= 15 is 0 Å². The molecule has 0 fully saturated rings. The van der Waals surface area contributed by atoms with Gasteiger partial charge in [0, 0.05) is 23.9 Å². The van der Waals surface area contributed by atoms with Crippen LogP contribution in [0, 0.1) is 0 Å². The quantitative estimate of drug-likeness (QED) is 0.176. The molecule has 2 heterocycles. The van der Waals surface area contributed by atoms with Crippen LogP contribution >= 0.6 is 27.5 Å². The fraction of sp³-hybridized carbons (Fsp3) is 0.308. The van der Waals surface area contributed by atoms with Gasteiger partial charge in [-0.15, -0.1) is 0 Å². The molecule has 4 aromatic rings. The lowest BCUT2D eigenvalue weighted by Crippen LogP contribution is -2.30. The molecule has 0 aliphatic heterocycles. The van der Waals surface area contributed by atoms with E-state index in [1.165, 1.54) is 18.2 Å². The number of aryl methyl sites for hydroxylation is 1. The number of esters is 1. The van der Waals surface area contributed by atoms with Crippen LogP contribution < -0.4 is 4.72 Å². The number of carbonyl (C=O) groups is 1. The first kappa shape index (κ1) is 29.9. The zero-order valence-corrected chi connectivity index (χ0v) is 24.5. The first-order valence-corrected chi connectivity index (χ1v) is 14.8. The number of nitrogens with zero attached hydrogens (tertiary/aromatic N) is 2. The summed E-state index contributed by atoms with van der Waals surface area (Å²) in [5.41, 5.74) is -4.38. The summed E-state index contributed by atoms with van der Waals surface area (Å²) < 4.78 is 77.4. The number of benzene rings is 2. The molecule has 0 saturated heterocycles. The van der Waals surface area contributed by atoms with E-state index in [0.29, 0.717) is 27.7 Å². The van der Waals surface area contributed by atoms with E-state index in [1.807, 2.05) is 6.92 Å². The van der Waals surface area contributed by atoms with Gasteiger partial charge in [-0.2, -0.15) is 21.6 Å². The van der Waals surface area contributed by atoms with E-state index < -0.39 is 21.5 Å². The third kappa shape index (κ3) is 6.01. The summed E-state index contributed by atoms with van der Waals surface area (Å²) in [6.45, 7) is 4.13. The maximum Gasteiger partial charge on any atom is 0.516 e. The summed E-state index contributed by atoms with van der Waals surface area (Å²) in [7, 11) is -5.65. The average molecular weight is 663 g/mol. The summed E-state index contributed by atoms with van der Waals surface area (Å²) >= 11 is 9.80. The Morgan fingerprint density at radius 1 is 1.20 bits per heavy atom. The van der Waals surface area contributed by atoms with Crippen molar-refractivity contribution in [2.24, 2.45) is 0 Å². The van der Waals surface area contributed by atoms with Crippen molar-refractivity contribution >= 4 is 60.2 Å². The van der Waals surface area contributed by atoms with Crippen molar-refractivity contribution in [3.63, 3.8) is 0 Å². The second-order valence-corrected chi connectivity index (χ2v) is 11.6. The van der Waals surface area contributed by atoms with Crippen LogP contribution in [0.15, 0.2) is 51.4 Å². The number of nitrogens with one attached hydrogen (secondary N) is 1. The Morgan fingerprint density at radius 2 is 1.93 bits per heavy atom. The summed E-state index contributed by atoms with van der Waals surface area (Å²) in [5, 5.41) is 0.635. The number of alkyl halides is 3. The number of anilines is 1. The summed E-state index contributed by atoms with van der Waals surface area (Å²) in [4.78, 5) is 17.1. The van der Waals surface area contributed by atoms with Crippen LogP contribution in [-0.4, -0.2) is 36.1 Å². The number of para-hydroxylation sites is 1. The van der Waals surface area contributed by atoms with E-state index in [9.17, 15) is 26.4 Å². The van der Waals surface area contributed by atoms with Crippen molar-refractivity contribution in [3.05, 3.63) is 69.2 Å². The highest BCUT2D eigenvalue weighted by Crippen LogP contribution is 2.42. The molecule has 0 amide bonds. The normalized spacial score (nSPS) is 12.2. The Balaban J connectivity index is 1.75. The van der Waals surface area contributed by atoms with Crippen molar-refractivity contribution in [2.45, 2.75) is 45.2 Å². The fourth-order valence-electron chi connectivity index (χ4n) is 4.10. The van der Waals surface area contributed by atoms with Crippen molar-refractivity contribution in [3.8, 4) is 11.3 Å². The second-order valence-electron chi connectivity index (χ2n) is 8.75. The molecule has 0 bridgehead atoms. The predicted molar refractivity (Wildman–Crippen MR) is 149 cm³/mol. The Hall–Kier alpha value is -3.03. The molecule has 4 rings (SSSR count). The molecular formula is C26H24BrClF3N3O5S. The highest BCUT2D eigenvalue weighted by Gasteiger charge is 2.46. The van der Waals surface area contributed by atoms with E-state index in [1.54, 1.807) is 40.5 Å². The number of carbonyl (C=O) groups excluding carboxylic acids is 1. The monoisotopic (exact) mass is 661 g/mol. The molecule has 0 radical (unpaired) electrons. The van der Waals surface area contributed by atoms with Crippen molar-refractivity contribution < 1.29 is 35.5 Å². The maximum atomic E-state index is 13.0. The molecule has 40 heavy (non-hydrogen) atoms. The van der Waals surface area contributed by atoms with Gasteiger partial charge in [0.25, 0.3) is 0 Å². The molecule has 0 spiro atoms. The lowest BCUT2D eigenvalue weighted by atomic mass is 10.1. The SMILES string of the molecule is CCCCc1nc(Cl)c(C(=O)OCC)n1Cc1ccc2oc(-c3ccccc3NS(=O)(=O)C(F)(F)F)c(Br)c2c1. The number of aromatic nitrogens is 2. The minimum absolute atomic E-state index is 0.0512. The standard InChI is InChI=1S/C26H24BrClF3N3O5S/c1-3-5-10-20-32-24(28)22(25(35)38-4-2)34(20)14-15-11-12-19-17(13-15)21(27)23(39-19)16-8-6-7-9-18(16)33-40(36,37)26(29,30)31/h6-9,11-13,33H,3-5,10,14H2,1-2H3. The molecule has 2 aromatic carbocycles. The van der Waals surface area contributed by atoms with E-state index in [0.717, 1.165) is 18.4 Å². The molecular weight excluding hydrogens is 639 g/mol. The molecule has 2 aromatic heterocycles. The van der Waals surface area contributed by atoms with Crippen LogP contribution in [0.25, 0.3) is 22.3 Å². The van der Waals surface area contributed by atoms with E-state index in [2.05, 4.69) is 20.9 Å². The summed E-state index contributed by atoms with van der Waals surface area (Å²) in [5.74, 6) is 0.176. The third-order valence-electron chi connectivity index (χ3n) is 5.98. The second kappa shape index (κ2) is 11.8. The average Bonchev–Trinajstić information content (AvgIpc) is 3.38. The minimum atomic E-state index is -5.65. The number of hydrogen-bond acceptors (Lipinski definition) is 6. The van der Waals surface area contributed by atoms with Crippen LogP contribution in [0.1, 0.15) is 48.6 Å². The van der Waals surface area contributed by atoms with E-state index in [4.69, 9.17) is 20.8 Å². The molecule has 214 valence electrons. The fourth-order valence-corrected chi connectivity index (χ4v) is 5.56. The first-order valence-electron chi connectivity index (χ1n) is 12.2. The van der Waals surface area contributed by atoms with Gasteiger partial charge in [-0.25, -0.2) is 9.78 Å². The number of hydrogen-bond donors (Lipinski definition) is 1. The number of unbranched alkanes of at least 4 members (excludes halogenated alkanes) is 1. The molecule has 0 aliphatic rings. The van der Waals surface area contributed by atoms with Gasteiger partial charge in [0.05, 0.1) is 16.8 Å². The number of ether oxygens (including phenoxy) is 1. The molecule has 0 saturated carbocycles. The van der Waals surface area contributed by atoms with Crippen molar-refractivity contribution in [1.29, 1.82) is 0 Å². The van der Waals surface area contributed by atoms with Gasteiger partial charge in [-0.1, -0.05) is 43.1 Å². The molecule has 0 atom stereocenters. The largest absolute Gasteiger partial charge is 0.516 e. The van der Waals surface area contributed by atoms with Gasteiger partial charge < -0.3 is 13.7 Å². The van der Waals surface area contributed by atoms with Crippen LogP contribution in [0.4, 0.5) is 18.9 Å². The van der Waals surface area contributed by atoms with Crippen molar-refractivity contribution in [2.75, 3.05) is 11.3 Å². The smallest absolute Gasteiger partial charge is 0.461 e. The Kier molecular flexibility index (Phi) is 8.86. The third-order valence-corrected chi connectivity index (χ3v) is 8.13. The highest BCUT2D eigenvalue weighted by atomic mass is 79.9. The zero-order chi connectivity index (χ0) is 29.2. The van der Waals surface area contributed by atoms with E-state index in [-0.39, 0.29) is 41.0 Å². The van der Waals surface area contributed by atoms with Crippen LogP contribution in [-0.2, 0) is 27.7 Å². The van der Waals surface area contributed by atoms with Gasteiger partial charge in [0.1, 0.15) is 11.4 Å². The molecule has 8 nitrogen and oxygen atoms in total. The van der Waals surface area contributed by atoms with Gasteiger partial charge in [0.15, 0.2) is 16.6 Å². The molecule has 0 aliphatic carbocycles. The first-order chi connectivity index (χ1) is 18.9. The number of halogens is 5. The zero-order valence-electron chi connectivity index (χ0n) is 21.3. The Bertz CT molecular complexity index is 1670. The predicted octanol–water partition coefficient (Wildman–Crippen LogP) is 7.54. The van der Waals surface area contributed by atoms with Gasteiger partial charge in [-0.3, -0.25) is 4.72 Å². The number of imidazole rings is 1.